The van der Waals surface area contributed by atoms with Gasteiger partial charge in [-0.1, -0.05) is 71.7 Å². The highest BCUT2D eigenvalue weighted by molar-refractivity contribution is 6.39. The molecule has 0 unspecified atom stereocenters. The Kier molecular flexibility index (Phi) is 9.95. The molecule has 0 saturated carbocycles. The molecule has 2 aromatic heterocycles. The summed E-state index contributed by atoms with van der Waals surface area (Å²) in [5.41, 5.74) is 6.36. The van der Waals surface area contributed by atoms with E-state index in [0.29, 0.717) is 53.0 Å². The van der Waals surface area contributed by atoms with Gasteiger partial charge in [-0.3, -0.25) is 19.4 Å². The zero-order chi connectivity index (χ0) is 35.9. The number of hydrogen-bond donors (Lipinski definition) is 0. The molecule has 3 saturated heterocycles. The standard InChI is InChI=1S/C39H42Cl2N6O4/c1-25(48)46-18-7-17-44(24-46)20-27-12-14-33(42-37(27)50-3)31-10-5-8-29(35(31)40)30-9-6-11-32(36(30)41)34-15-13-28(38(43-34)51-4)21-45-22-39(23-45)16-19-47(39)26(2)49/h5-6,8-15H,7,16-24H2,1-4H3. The van der Waals surface area contributed by atoms with Crippen LogP contribution in [0.4, 0.5) is 0 Å². The number of pyridine rings is 2. The monoisotopic (exact) mass is 728 g/mol. The second kappa shape index (κ2) is 14.4. The quantitative estimate of drug-likeness (QED) is 0.190. The van der Waals surface area contributed by atoms with E-state index >= 15 is 0 Å². The molecular formula is C39H42Cl2N6O4. The summed E-state index contributed by atoms with van der Waals surface area (Å²) in [4.78, 5) is 42.1. The molecule has 0 atom stereocenters. The summed E-state index contributed by atoms with van der Waals surface area (Å²) in [7, 11) is 3.25. The van der Waals surface area contributed by atoms with Crippen LogP contribution in [0, 0.1) is 0 Å². The predicted molar refractivity (Wildman–Crippen MR) is 199 cm³/mol. The topological polar surface area (TPSA) is 91.3 Å². The SMILES string of the molecule is COc1nc(-c2cccc(-c3cccc(-c4ccc(CN5CC6(CCN6C(C)=O)C5)c(OC)n4)c3Cl)c2Cl)ccc1CN1CCCN(C(C)=O)C1. The number of benzene rings is 2. The lowest BCUT2D eigenvalue weighted by Gasteiger charge is -2.62. The third-order valence-corrected chi connectivity index (χ3v) is 11.2. The van der Waals surface area contributed by atoms with Crippen LogP contribution >= 0.6 is 23.2 Å². The van der Waals surface area contributed by atoms with Gasteiger partial charge in [-0.05, 0) is 25.0 Å². The fourth-order valence-corrected chi connectivity index (χ4v) is 8.35. The van der Waals surface area contributed by atoms with Crippen LogP contribution in [0.25, 0.3) is 33.6 Å². The number of halogens is 2. The van der Waals surface area contributed by atoms with Crippen molar-refractivity contribution in [2.24, 2.45) is 0 Å². The van der Waals surface area contributed by atoms with Crippen molar-refractivity contribution in [3.63, 3.8) is 0 Å². The van der Waals surface area contributed by atoms with E-state index in [1.807, 2.05) is 70.5 Å². The van der Waals surface area contributed by atoms with Gasteiger partial charge in [0.25, 0.3) is 0 Å². The molecule has 51 heavy (non-hydrogen) atoms. The molecule has 2 amide bonds. The molecule has 3 aliphatic heterocycles. The molecule has 0 N–H and O–H groups in total. The first-order chi connectivity index (χ1) is 24.6. The van der Waals surface area contributed by atoms with Crippen LogP contribution in [0.1, 0.15) is 37.8 Å². The van der Waals surface area contributed by atoms with Crippen LogP contribution < -0.4 is 9.47 Å². The molecule has 5 heterocycles. The molecule has 0 aliphatic carbocycles. The van der Waals surface area contributed by atoms with Crippen molar-refractivity contribution in [2.45, 2.75) is 45.3 Å². The maximum Gasteiger partial charge on any atom is 0.220 e. The molecule has 2 aromatic carbocycles. The minimum absolute atomic E-state index is 0.00179. The van der Waals surface area contributed by atoms with Crippen LogP contribution in [0.5, 0.6) is 11.8 Å². The minimum Gasteiger partial charge on any atom is -0.481 e. The molecule has 0 radical (unpaired) electrons. The molecule has 10 nitrogen and oxygen atoms in total. The number of nitrogens with zero attached hydrogens (tertiary/aromatic N) is 6. The maximum absolute atomic E-state index is 12.0. The zero-order valence-electron chi connectivity index (χ0n) is 29.4. The van der Waals surface area contributed by atoms with Gasteiger partial charge in [0, 0.05) is 93.0 Å². The van der Waals surface area contributed by atoms with Crippen molar-refractivity contribution in [2.75, 3.05) is 53.6 Å². The van der Waals surface area contributed by atoms with Gasteiger partial charge in [-0.2, -0.15) is 0 Å². The van der Waals surface area contributed by atoms with Crippen LogP contribution in [0.15, 0.2) is 60.7 Å². The van der Waals surface area contributed by atoms with Gasteiger partial charge in [0.2, 0.25) is 23.6 Å². The predicted octanol–water partition coefficient (Wildman–Crippen LogP) is 6.62. The number of hydrogen-bond acceptors (Lipinski definition) is 8. The fraction of sp³-hybridized carbons (Fsp3) is 0.385. The molecule has 0 bridgehead atoms. The first-order valence-corrected chi connectivity index (χ1v) is 18.0. The number of carbonyl (C=O) groups excluding carboxylic acids is 2. The number of aromatic nitrogens is 2. The van der Waals surface area contributed by atoms with Crippen LogP contribution in [0.2, 0.25) is 10.0 Å². The van der Waals surface area contributed by atoms with E-state index in [0.717, 1.165) is 78.9 Å². The Morgan fingerprint density at radius 1 is 0.706 bits per heavy atom. The molecule has 1 spiro atoms. The van der Waals surface area contributed by atoms with E-state index in [4.69, 9.17) is 42.6 Å². The third-order valence-electron chi connectivity index (χ3n) is 10.4. The van der Waals surface area contributed by atoms with E-state index < -0.39 is 0 Å². The smallest absolute Gasteiger partial charge is 0.220 e. The number of carbonyl (C=O) groups is 2. The first kappa shape index (κ1) is 35.2. The number of amides is 2. The Labute approximate surface area is 308 Å². The molecule has 7 rings (SSSR count). The summed E-state index contributed by atoms with van der Waals surface area (Å²) in [6, 6.07) is 19.7. The highest BCUT2D eigenvalue weighted by atomic mass is 35.5. The highest BCUT2D eigenvalue weighted by Crippen LogP contribution is 2.43. The summed E-state index contributed by atoms with van der Waals surface area (Å²) >= 11 is 14.3. The lowest BCUT2D eigenvalue weighted by molar-refractivity contribution is -0.164. The van der Waals surface area contributed by atoms with Crippen LogP contribution in [-0.4, -0.2) is 101 Å². The van der Waals surface area contributed by atoms with Gasteiger partial charge < -0.3 is 19.3 Å². The van der Waals surface area contributed by atoms with E-state index in [1.165, 1.54) is 0 Å². The largest absolute Gasteiger partial charge is 0.481 e. The van der Waals surface area contributed by atoms with Gasteiger partial charge in [-0.15, -0.1) is 0 Å². The Bertz CT molecular complexity index is 1980. The Morgan fingerprint density at radius 2 is 1.24 bits per heavy atom. The van der Waals surface area contributed by atoms with E-state index in [9.17, 15) is 9.59 Å². The second-order valence-electron chi connectivity index (χ2n) is 13.7. The fourth-order valence-electron chi connectivity index (χ4n) is 7.70. The van der Waals surface area contributed by atoms with Gasteiger partial charge >= 0.3 is 0 Å². The molecule has 3 fully saturated rings. The van der Waals surface area contributed by atoms with Gasteiger partial charge in [0.15, 0.2) is 0 Å². The number of likely N-dealkylation sites (tertiary alicyclic amines) is 2. The average Bonchev–Trinajstić information content (AvgIpc) is 3.09. The Morgan fingerprint density at radius 3 is 1.71 bits per heavy atom. The number of ether oxygens (including phenoxy) is 2. The van der Waals surface area contributed by atoms with E-state index in [1.54, 1.807) is 28.1 Å². The zero-order valence-corrected chi connectivity index (χ0v) is 30.9. The summed E-state index contributed by atoms with van der Waals surface area (Å²) in [5.74, 6) is 1.30. The molecule has 3 aliphatic rings. The van der Waals surface area contributed by atoms with Gasteiger partial charge in [0.05, 0.1) is 47.9 Å². The first-order valence-electron chi connectivity index (χ1n) is 17.2. The van der Waals surface area contributed by atoms with Crippen LogP contribution in [0.3, 0.4) is 0 Å². The Balaban J connectivity index is 1.11. The Hall–Kier alpha value is -4.22. The van der Waals surface area contributed by atoms with Crippen molar-refractivity contribution >= 4 is 35.0 Å². The summed E-state index contributed by atoms with van der Waals surface area (Å²) in [6.07, 6.45) is 1.98. The molecular weight excluding hydrogens is 687 g/mol. The highest BCUT2D eigenvalue weighted by Gasteiger charge is 2.54. The summed E-state index contributed by atoms with van der Waals surface area (Å²) in [5, 5.41) is 1.05. The lowest BCUT2D eigenvalue weighted by Crippen LogP contribution is -2.77. The van der Waals surface area contributed by atoms with Crippen molar-refractivity contribution in [1.29, 1.82) is 0 Å². The maximum atomic E-state index is 12.0. The normalized spacial score (nSPS) is 17.2. The van der Waals surface area contributed by atoms with Crippen molar-refractivity contribution in [3.05, 3.63) is 81.8 Å². The lowest BCUT2D eigenvalue weighted by atomic mass is 9.77. The average molecular weight is 730 g/mol. The van der Waals surface area contributed by atoms with Gasteiger partial charge in [-0.25, -0.2) is 9.97 Å². The minimum atomic E-state index is -0.00179. The van der Waals surface area contributed by atoms with Crippen molar-refractivity contribution in [3.8, 4) is 45.4 Å². The summed E-state index contributed by atoms with van der Waals surface area (Å²) < 4.78 is 11.5. The van der Waals surface area contributed by atoms with E-state index in [2.05, 4.69) is 9.80 Å². The second-order valence-corrected chi connectivity index (χ2v) is 14.4. The third kappa shape index (κ3) is 6.78. The van der Waals surface area contributed by atoms with Gasteiger partial charge in [0.1, 0.15) is 0 Å². The van der Waals surface area contributed by atoms with E-state index in [-0.39, 0.29) is 17.4 Å². The molecule has 4 aromatic rings. The molecule has 266 valence electrons. The number of methoxy groups -OCH3 is 2. The van der Waals surface area contributed by atoms with Crippen molar-refractivity contribution in [1.82, 2.24) is 29.6 Å². The molecule has 12 heteroatoms. The van der Waals surface area contributed by atoms with Crippen molar-refractivity contribution < 1.29 is 19.1 Å². The van der Waals surface area contributed by atoms with Crippen LogP contribution in [-0.2, 0) is 22.7 Å². The summed E-state index contributed by atoms with van der Waals surface area (Å²) in [6.45, 7) is 9.40. The number of rotatable bonds is 9.